The van der Waals surface area contributed by atoms with Crippen molar-refractivity contribution in [2.24, 2.45) is 17.1 Å². The van der Waals surface area contributed by atoms with Crippen molar-refractivity contribution in [1.29, 1.82) is 5.26 Å². The van der Waals surface area contributed by atoms with Crippen molar-refractivity contribution in [1.82, 2.24) is 4.90 Å². The number of hydrogen-bond donors (Lipinski definition) is 1. The molecule has 0 bridgehead atoms. The molecule has 3 nitrogen and oxygen atoms in total. The van der Waals surface area contributed by atoms with Crippen molar-refractivity contribution in [3.8, 4) is 6.07 Å². The van der Waals surface area contributed by atoms with Crippen molar-refractivity contribution < 1.29 is 0 Å². The zero-order chi connectivity index (χ0) is 10.2. The molecule has 14 heavy (non-hydrogen) atoms. The average Bonchev–Trinajstić information content (AvgIpc) is 2.89. The third-order valence-electron chi connectivity index (χ3n) is 3.70. The van der Waals surface area contributed by atoms with E-state index < -0.39 is 0 Å². The molecule has 1 spiro atoms. The van der Waals surface area contributed by atoms with Crippen LogP contribution in [0, 0.1) is 22.7 Å². The summed E-state index contributed by atoms with van der Waals surface area (Å²) in [6.07, 6.45) is 3.76. The van der Waals surface area contributed by atoms with Gasteiger partial charge in [0.1, 0.15) is 0 Å². The van der Waals surface area contributed by atoms with Crippen molar-refractivity contribution >= 4 is 0 Å². The molecule has 0 aromatic heterocycles. The predicted octanol–water partition coefficient (Wildman–Crippen LogP) is 0.959. The van der Waals surface area contributed by atoms with Crippen LogP contribution in [0.3, 0.4) is 0 Å². The van der Waals surface area contributed by atoms with Crippen LogP contribution in [-0.2, 0) is 0 Å². The minimum atomic E-state index is 0.225. The van der Waals surface area contributed by atoms with Crippen LogP contribution in [0.25, 0.3) is 0 Å². The second kappa shape index (κ2) is 3.52. The molecule has 2 N–H and O–H groups in total. The minimum absolute atomic E-state index is 0.225. The summed E-state index contributed by atoms with van der Waals surface area (Å²) >= 11 is 0. The summed E-state index contributed by atoms with van der Waals surface area (Å²) < 4.78 is 0. The minimum Gasteiger partial charge on any atom is -0.327 e. The Labute approximate surface area is 85.9 Å². The van der Waals surface area contributed by atoms with E-state index in [-0.39, 0.29) is 12.0 Å². The summed E-state index contributed by atoms with van der Waals surface area (Å²) in [6, 6.07) is 2.70. The fraction of sp³-hybridized carbons (Fsp3) is 0.909. The van der Waals surface area contributed by atoms with E-state index in [9.17, 15) is 0 Å². The van der Waals surface area contributed by atoms with Gasteiger partial charge in [0.2, 0.25) is 0 Å². The highest BCUT2D eigenvalue weighted by Gasteiger charge is 2.51. The Morgan fingerprint density at radius 2 is 2.29 bits per heavy atom. The molecule has 0 aromatic carbocycles. The van der Waals surface area contributed by atoms with Crippen LogP contribution in [0.4, 0.5) is 0 Å². The van der Waals surface area contributed by atoms with Crippen LogP contribution >= 0.6 is 0 Å². The molecule has 1 aliphatic heterocycles. The highest BCUT2D eigenvalue weighted by Crippen LogP contribution is 2.56. The third kappa shape index (κ3) is 1.77. The summed E-state index contributed by atoms with van der Waals surface area (Å²) in [5.74, 6) is 0.259. The summed E-state index contributed by atoms with van der Waals surface area (Å²) in [4.78, 5) is 2.35. The molecule has 2 rings (SSSR count). The van der Waals surface area contributed by atoms with E-state index in [1.807, 2.05) is 6.92 Å². The summed E-state index contributed by atoms with van der Waals surface area (Å²) in [6.45, 7) is 5.05. The van der Waals surface area contributed by atoms with Crippen LogP contribution < -0.4 is 5.73 Å². The normalized spacial score (nSPS) is 32.5. The number of piperidine rings is 1. The molecule has 0 radical (unpaired) electrons. The van der Waals surface area contributed by atoms with E-state index >= 15 is 0 Å². The molecular formula is C11H19N3. The van der Waals surface area contributed by atoms with Crippen molar-refractivity contribution in [2.45, 2.75) is 32.2 Å². The molecule has 3 heteroatoms. The maximum absolute atomic E-state index is 9.11. The number of likely N-dealkylation sites (tertiary alicyclic amines) is 1. The lowest BCUT2D eigenvalue weighted by Gasteiger charge is -2.36. The van der Waals surface area contributed by atoms with Gasteiger partial charge in [-0.25, -0.2) is 0 Å². The quantitative estimate of drug-likeness (QED) is 0.710. The first kappa shape index (κ1) is 9.95. The van der Waals surface area contributed by atoms with E-state index in [1.54, 1.807) is 0 Å². The van der Waals surface area contributed by atoms with Gasteiger partial charge in [0.25, 0.3) is 0 Å². The molecule has 1 saturated heterocycles. The monoisotopic (exact) mass is 193 g/mol. The Kier molecular flexibility index (Phi) is 2.50. The van der Waals surface area contributed by atoms with Gasteiger partial charge in [-0.2, -0.15) is 5.26 Å². The van der Waals surface area contributed by atoms with Gasteiger partial charge < -0.3 is 10.6 Å². The number of hydrogen-bond acceptors (Lipinski definition) is 3. The van der Waals surface area contributed by atoms with Gasteiger partial charge in [0.05, 0.1) is 12.0 Å². The fourth-order valence-corrected chi connectivity index (χ4v) is 2.61. The first-order valence-corrected chi connectivity index (χ1v) is 5.54. The first-order valence-electron chi connectivity index (χ1n) is 5.54. The molecule has 1 heterocycles. The first-order chi connectivity index (χ1) is 6.66. The predicted molar refractivity (Wildman–Crippen MR) is 55.5 cm³/mol. The van der Waals surface area contributed by atoms with Gasteiger partial charge in [-0.3, -0.25) is 0 Å². The summed E-state index contributed by atoms with van der Waals surface area (Å²) in [5, 5.41) is 9.11. The van der Waals surface area contributed by atoms with Crippen LogP contribution in [0.15, 0.2) is 0 Å². The Morgan fingerprint density at radius 1 is 1.57 bits per heavy atom. The number of nitrogens with zero attached hydrogens (tertiary/aromatic N) is 2. The molecule has 1 saturated carbocycles. The van der Waals surface area contributed by atoms with E-state index in [4.69, 9.17) is 11.0 Å². The Morgan fingerprint density at radius 3 is 2.79 bits per heavy atom. The highest BCUT2D eigenvalue weighted by molar-refractivity contribution is 5.09. The molecule has 78 valence electrons. The fourth-order valence-electron chi connectivity index (χ4n) is 2.61. The van der Waals surface area contributed by atoms with Crippen molar-refractivity contribution in [2.75, 3.05) is 19.6 Å². The Balaban J connectivity index is 1.92. The zero-order valence-corrected chi connectivity index (χ0v) is 8.87. The Bertz CT molecular complexity index is 250. The second-order valence-corrected chi connectivity index (χ2v) is 5.03. The molecular weight excluding hydrogens is 174 g/mol. The maximum Gasteiger partial charge on any atom is 0.0675 e. The van der Waals surface area contributed by atoms with Crippen LogP contribution in [-0.4, -0.2) is 30.6 Å². The SMILES string of the molecule is CC(N)CN1CCC2(CC2)C(C#N)C1. The number of rotatable bonds is 2. The topological polar surface area (TPSA) is 53.0 Å². The number of nitriles is 1. The standard InChI is InChI=1S/C11H19N3/c1-9(13)7-14-5-4-11(2-3-11)10(6-12)8-14/h9-10H,2-5,7-8,13H2,1H3. The smallest absolute Gasteiger partial charge is 0.0675 e. The van der Waals surface area contributed by atoms with Gasteiger partial charge in [0.15, 0.2) is 0 Å². The third-order valence-corrected chi connectivity index (χ3v) is 3.70. The van der Waals surface area contributed by atoms with Gasteiger partial charge in [-0.05, 0) is 38.1 Å². The summed E-state index contributed by atoms with van der Waals surface area (Å²) in [7, 11) is 0. The summed E-state index contributed by atoms with van der Waals surface area (Å²) in [5.41, 5.74) is 6.19. The zero-order valence-electron chi connectivity index (χ0n) is 8.87. The van der Waals surface area contributed by atoms with Gasteiger partial charge >= 0.3 is 0 Å². The lowest BCUT2D eigenvalue weighted by Crippen LogP contribution is -2.45. The average molecular weight is 193 g/mol. The van der Waals surface area contributed by atoms with Gasteiger partial charge in [0, 0.05) is 19.1 Å². The number of nitrogens with two attached hydrogens (primary N) is 1. The van der Waals surface area contributed by atoms with Crippen LogP contribution in [0.1, 0.15) is 26.2 Å². The molecule has 2 atom stereocenters. The molecule has 2 fully saturated rings. The van der Waals surface area contributed by atoms with Gasteiger partial charge in [-0.15, -0.1) is 0 Å². The van der Waals surface area contributed by atoms with E-state index in [2.05, 4.69) is 11.0 Å². The lowest BCUT2D eigenvalue weighted by atomic mass is 9.83. The molecule has 2 aliphatic rings. The second-order valence-electron chi connectivity index (χ2n) is 5.03. The maximum atomic E-state index is 9.11. The highest BCUT2D eigenvalue weighted by atomic mass is 15.1. The van der Waals surface area contributed by atoms with E-state index in [0.29, 0.717) is 5.41 Å². The van der Waals surface area contributed by atoms with E-state index in [0.717, 1.165) is 19.6 Å². The van der Waals surface area contributed by atoms with E-state index in [1.165, 1.54) is 19.3 Å². The van der Waals surface area contributed by atoms with Crippen LogP contribution in [0.2, 0.25) is 0 Å². The van der Waals surface area contributed by atoms with Crippen molar-refractivity contribution in [3.63, 3.8) is 0 Å². The largest absolute Gasteiger partial charge is 0.327 e. The molecule has 1 aliphatic carbocycles. The van der Waals surface area contributed by atoms with Gasteiger partial charge in [-0.1, -0.05) is 0 Å². The lowest BCUT2D eigenvalue weighted by molar-refractivity contribution is 0.130. The molecule has 0 aromatic rings. The molecule has 0 amide bonds. The van der Waals surface area contributed by atoms with Crippen molar-refractivity contribution in [3.05, 3.63) is 0 Å². The Hall–Kier alpha value is -0.590. The van der Waals surface area contributed by atoms with Crippen LogP contribution in [0.5, 0.6) is 0 Å². The molecule has 2 unspecified atom stereocenters.